The van der Waals surface area contributed by atoms with Gasteiger partial charge in [-0.2, -0.15) is 10.2 Å². The molecule has 2 N–H and O–H groups in total. The van der Waals surface area contributed by atoms with Gasteiger partial charge in [0.25, 0.3) is 0 Å². The minimum atomic E-state index is 0.532. The highest BCUT2D eigenvalue weighted by Crippen LogP contribution is 2.46. The van der Waals surface area contributed by atoms with Gasteiger partial charge in [-0.25, -0.2) is 9.97 Å². The van der Waals surface area contributed by atoms with Crippen LogP contribution < -0.4 is 9.64 Å². The molecule has 4 aromatic heterocycles. The van der Waals surface area contributed by atoms with E-state index in [1.54, 1.807) is 0 Å². The van der Waals surface area contributed by atoms with E-state index in [9.17, 15) is 0 Å². The lowest BCUT2D eigenvalue weighted by molar-refractivity contribution is 0.0213. The molecule has 6 aromatic rings. The number of ether oxygens (including phenoxy) is 3. The summed E-state index contributed by atoms with van der Waals surface area (Å²) in [6.07, 6.45) is 7.42. The Bertz CT molecular complexity index is 1790. The third-order valence-corrected chi connectivity index (χ3v) is 8.06. The van der Waals surface area contributed by atoms with Gasteiger partial charge in [0.1, 0.15) is 0 Å². The first-order chi connectivity index (χ1) is 21.3. The number of hydrogen-bond acceptors (Lipinski definition) is 9. The predicted octanol–water partition coefficient (Wildman–Crippen LogP) is 5.16. The molecule has 0 spiro atoms. The Morgan fingerprint density at radius 1 is 0.674 bits per heavy atom. The largest absolute Gasteiger partial charge is 0.450 e. The zero-order valence-corrected chi connectivity index (χ0v) is 23.5. The molecule has 11 heteroatoms. The Balaban J connectivity index is 1.09. The number of hydrogen-bond donors (Lipinski definition) is 2. The van der Waals surface area contributed by atoms with Crippen LogP contribution in [0.3, 0.4) is 0 Å². The normalized spacial score (nSPS) is 15.0. The van der Waals surface area contributed by atoms with Crippen LogP contribution in [-0.4, -0.2) is 87.9 Å². The van der Waals surface area contributed by atoms with Gasteiger partial charge in [0, 0.05) is 60.5 Å². The van der Waals surface area contributed by atoms with E-state index in [-0.39, 0.29) is 0 Å². The number of benzene rings is 2. The average molecular weight is 575 g/mol. The average Bonchev–Trinajstić information content (AvgIpc) is 3.73. The third kappa shape index (κ3) is 5.07. The van der Waals surface area contributed by atoms with Crippen molar-refractivity contribution in [3.63, 3.8) is 0 Å². The number of nitrogens with one attached hydrogen (secondary N) is 2. The van der Waals surface area contributed by atoms with Crippen LogP contribution in [0.15, 0.2) is 73.3 Å². The van der Waals surface area contributed by atoms with Crippen molar-refractivity contribution in [3.8, 4) is 33.8 Å². The van der Waals surface area contributed by atoms with Gasteiger partial charge in [0.15, 0.2) is 23.1 Å². The smallest absolute Gasteiger partial charge is 0.177 e. The topological polar surface area (TPSA) is 117 Å². The van der Waals surface area contributed by atoms with E-state index in [0.29, 0.717) is 31.3 Å². The number of aromatic amines is 2. The van der Waals surface area contributed by atoms with Gasteiger partial charge in [-0.15, -0.1) is 0 Å². The number of pyridine rings is 2. The second-order valence-electron chi connectivity index (χ2n) is 10.8. The summed E-state index contributed by atoms with van der Waals surface area (Å²) in [6, 6.07) is 16.5. The highest BCUT2D eigenvalue weighted by Gasteiger charge is 2.28. The van der Waals surface area contributed by atoms with Crippen LogP contribution in [0.25, 0.3) is 44.1 Å². The summed E-state index contributed by atoms with van der Waals surface area (Å²) in [5.74, 6) is 2.79. The first kappa shape index (κ1) is 25.8. The molecule has 6 heterocycles. The van der Waals surface area contributed by atoms with Crippen LogP contribution in [0.1, 0.15) is 0 Å². The first-order valence-corrected chi connectivity index (χ1v) is 14.5. The van der Waals surface area contributed by atoms with Gasteiger partial charge in [-0.3, -0.25) is 15.1 Å². The number of aromatic nitrogens is 6. The molecular weight excluding hydrogens is 544 g/mol. The van der Waals surface area contributed by atoms with Crippen molar-refractivity contribution in [2.45, 2.75) is 0 Å². The quantitative estimate of drug-likeness (QED) is 0.238. The van der Waals surface area contributed by atoms with Gasteiger partial charge in [-0.05, 0) is 47.5 Å². The van der Waals surface area contributed by atoms with Gasteiger partial charge < -0.3 is 19.1 Å². The van der Waals surface area contributed by atoms with Crippen molar-refractivity contribution < 1.29 is 14.2 Å². The lowest BCUT2D eigenvalue weighted by Gasteiger charge is -2.31. The molecule has 0 bridgehead atoms. The SMILES string of the molecule is c1cc2[nH]ncc2cc1-c1cnc2c(c1)Oc1cc(-c3ccc4[nH]ncc4c3)cnc1N2CCOCCN1CCOCC1. The second-order valence-corrected chi connectivity index (χ2v) is 10.8. The maximum Gasteiger partial charge on any atom is 0.177 e. The summed E-state index contributed by atoms with van der Waals surface area (Å²) in [5, 5.41) is 16.4. The van der Waals surface area contributed by atoms with Crippen LogP contribution in [0.5, 0.6) is 11.5 Å². The monoisotopic (exact) mass is 574 g/mol. The maximum atomic E-state index is 6.52. The van der Waals surface area contributed by atoms with Crippen LogP contribution >= 0.6 is 0 Å². The molecule has 0 amide bonds. The van der Waals surface area contributed by atoms with Crippen LogP contribution in [-0.2, 0) is 9.47 Å². The Morgan fingerprint density at radius 3 is 1.86 bits per heavy atom. The van der Waals surface area contributed by atoms with E-state index in [1.165, 1.54) is 0 Å². The summed E-state index contributed by atoms with van der Waals surface area (Å²) in [6.45, 7) is 6.15. The molecule has 0 unspecified atom stereocenters. The fourth-order valence-corrected chi connectivity index (χ4v) is 5.70. The minimum absolute atomic E-state index is 0.532. The van der Waals surface area contributed by atoms with Gasteiger partial charge in [-0.1, -0.05) is 12.1 Å². The Morgan fingerprint density at radius 2 is 1.26 bits per heavy atom. The fourth-order valence-electron chi connectivity index (χ4n) is 5.70. The number of fused-ring (bicyclic) bond motifs is 4. The zero-order chi connectivity index (χ0) is 28.6. The summed E-state index contributed by atoms with van der Waals surface area (Å²) in [4.78, 5) is 14.2. The van der Waals surface area contributed by atoms with Crippen LogP contribution in [0, 0.1) is 0 Å². The van der Waals surface area contributed by atoms with Crippen molar-refractivity contribution in [2.75, 3.05) is 57.5 Å². The molecular formula is C32H30N8O3. The standard InChI is InChI=1S/C32H30N8O3/c1-3-27-25(19-35-37-27)13-21(1)23-15-29-31(33-17-23)40(8-12-42-11-7-39-5-9-41-10-6-39)32-30(43-29)16-24(18-34-32)22-2-4-28-26(14-22)20-36-38-28/h1-4,13-20H,5-12H2,(H,35,37)(H,36,38). The molecule has 11 nitrogen and oxygen atoms in total. The number of H-pyrrole nitrogens is 2. The molecule has 216 valence electrons. The first-order valence-electron chi connectivity index (χ1n) is 14.5. The second kappa shape index (κ2) is 11.1. The summed E-state index contributed by atoms with van der Waals surface area (Å²) < 4.78 is 18.1. The van der Waals surface area contributed by atoms with Crippen molar-refractivity contribution in [3.05, 3.63) is 73.3 Å². The Kier molecular flexibility index (Phi) is 6.67. The lowest BCUT2D eigenvalue weighted by atomic mass is 10.0. The van der Waals surface area contributed by atoms with E-state index in [2.05, 4.69) is 54.5 Å². The molecule has 2 aliphatic heterocycles. The molecule has 0 atom stereocenters. The lowest BCUT2D eigenvalue weighted by Crippen LogP contribution is -2.38. The Labute approximate surface area is 247 Å². The maximum absolute atomic E-state index is 6.52. The third-order valence-electron chi connectivity index (χ3n) is 8.06. The van der Waals surface area contributed by atoms with E-state index in [0.717, 1.165) is 88.5 Å². The molecule has 0 aliphatic carbocycles. The number of anilines is 2. The van der Waals surface area contributed by atoms with Gasteiger partial charge in [0.2, 0.25) is 0 Å². The minimum Gasteiger partial charge on any atom is -0.450 e. The number of morpholine rings is 1. The van der Waals surface area contributed by atoms with Crippen LogP contribution in [0.4, 0.5) is 11.6 Å². The van der Waals surface area contributed by atoms with E-state index in [1.807, 2.05) is 49.1 Å². The number of nitrogens with zero attached hydrogens (tertiary/aromatic N) is 6. The molecule has 0 radical (unpaired) electrons. The number of rotatable bonds is 8. The summed E-state index contributed by atoms with van der Waals surface area (Å²) in [5.41, 5.74) is 5.98. The predicted molar refractivity (Wildman–Crippen MR) is 164 cm³/mol. The molecule has 0 saturated carbocycles. The molecule has 43 heavy (non-hydrogen) atoms. The fraction of sp³-hybridized carbons (Fsp3) is 0.250. The zero-order valence-electron chi connectivity index (χ0n) is 23.5. The molecule has 2 aliphatic rings. The summed E-state index contributed by atoms with van der Waals surface area (Å²) >= 11 is 0. The van der Waals surface area contributed by atoms with E-state index >= 15 is 0 Å². The van der Waals surface area contributed by atoms with Crippen LogP contribution in [0.2, 0.25) is 0 Å². The highest BCUT2D eigenvalue weighted by molar-refractivity contribution is 5.86. The highest BCUT2D eigenvalue weighted by atomic mass is 16.5. The van der Waals surface area contributed by atoms with Crippen molar-refractivity contribution in [1.82, 2.24) is 35.3 Å². The molecule has 1 saturated heterocycles. The van der Waals surface area contributed by atoms with E-state index < -0.39 is 0 Å². The molecule has 1 fully saturated rings. The Hall–Kier alpha value is -4.84. The van der Waals surface area contributed by atoms with Crippen molar-refractivity contribution >= 4 is 33.4 Å². The summed E-state index contributed by atoms with van der Waals surface area (Å²) in [7, 11) is 0. The molecule has 2 aromatic carbocycles. The van der Waals surface area contributed by atoms with Crippen molar-refractivity contribution in [2.24, 2.45) is 0 Å². The van der Waals surface area contributed by atoms with Gasteiger partial charge >= 0.3 is 0 Å². The van der Waals surface area contributed by atoms with Crippen molar-refractivity contribution in [1.29, 1.82) is 0 Å². The van der Waals surface area contributed by atoms with Gasteiger partial charge in [0.05, 0.1) is 49.9 Å². The van der Waals surface area contributed by atoms with E-state index in [4.69, 9.17) is 24.2 Å². The molecule has 8 rings (SSSR count).